The Balaban J connectivity index is 2.12. The minimum atomic E-state index is -0.620. The van der Waals surface area contributed by atoms with E-state index in [1.165, 1.54) is 17.5 Å². The predicted molar refractivity (Wildman–Crippen MR) is 87.3 cm³/mol. The van der Waals surface area contributed by atoms with Crippen LogP contribution in [0.5, 0.6) is 0 Å². The van der Waals surface area contributed by atoms with E-state index in [0.717, 1.165) is 44.9 Å². The predicted octanol–water partition coefficient (Wildman–Crippen LogP) is 3.55. The monoisotopic (exact) mass is 287 g/mol. The molecule has 0 aromatic heterocycles. The van der Waals surface area contributed by atoms with E-state index in [1.54, 1.807) is 0 Å². The fourth-order valence-electron chi connectivity index (χ4n) is 5.16. The molecule has 2 aliphatic rings. The van der Waals surface area contributed by atoms with E-state index in [2.05, 4.69) is 31.2 Å². The van der Waals surface area contributed by atoms with Crippen molar-refractivity contribution in [2.75, 3.05) is 6.54 Å². The number of hydrogen-bond acceptors (Lipinski definition) is 2. The molecule has 0 saturated heterocycles. The number of aliphatic hydroxyl groups is 1. The van der Waals surface area contributed by atoms with Gasteiger partial charge in [0.05, 0.1) is 5.60 Å². The molecule has 2 nitrogen and oxygen atoms in total. The van der Waals surface area contributed by atoms with Crippen molar-refractivity contribution in [3.05, 3.63) is 35.4 Å². The summed E-state index contributed by atoms with van der Waals surface area (Å²) in [6.07, 6.45) is 8.82. The molecule has 1 aromatic carbocycles. The summed E-state index contributed by atoms with van der Waals surface area (Å²) in [4.78, 5) is 0. The van der Waals surface area contributed by atoms with Crippen molar-refractivity contribution in [3.63, 3.8) is 0 Å². The standard InChI is InChI=1S/C19H29NO/c1-2-16-10-5-6-13-19(16,21)18(14-20)12-7-9-15-8-3-4-11-17(15)18/h3-4,8,11,16,21H,2,5-7,9-10,12-14,20H2,1H3. The smallest absolute Gasteiger partial charge is 0.0784 e. The van der Waals surface area contributed by atoms with Crippen LogP contribution in [0.15, 0.2) is 24.3 Å². The minimum Gasteiger partial charge on any atom is -0.389 e. The van der Waals surface area contributed by atoms with Crippen LogP contribution in [-0.2, 0) is 11.8 Å². The van der Waals surface area contributed by atoms with Crippen LogP contribution in [-0.4, -0.2) is 17.3 Å². The Morgan fingerprint density at radius 2 is 2.00 bits per heavy atom. The molecular formula is C19H29NO. The van der Waals surface area contributed by atoms with Crippen LogP contribution >= 0.6 is 0 Å². The number of aryl methyl sites for hydroxylation is 1. The van der Waals surface area contributed by atoms with Crippen LogP contribution in [0.4, 0.5) is 0 Å². The zero-order valence-electron chi connectivity index (χ0n) is 13.3. The molecule has 0 spiro atoms. The Morgan fingerprint density at radius 1 is 1.19 bits per heavy atom. The number of rotatable bonds is 3. The molecule has 2 heteroatoms. The Morgan fingerprint density at radius 3 is 2.76 bits per heavy atom. The number of nitrogens with two attached hydrogens (primary N) is 1. The Labute approximate surface area is 128 Å². The van der Waals surface area contributed by atoms with E-state index in [4.69, 9.17) is 5.73 Å². The lowest BCUT2D eigenvalue weighted by Crippen LogP contribution is -2.62. The highest BCUT2D eigenvalue weighted by Gasteiger charge is 2.55. The van der Waals surface area contributed by atoms with E-state index >= 15 is 0 Å². The lowest BCUT2D eigenvalue weighted by molar-refractivity contribution is -0.116. The second-order valence-electron chi connectivity index (χ2n) is 7.07. The number of hydrogen-bond donors (Lipinski definition) is 2. The third-order valence-corrected chi connectivity index (χ3v) is 6.29. The Bertz CT molecular complexity index is 500. The molecule has 1 fully saturated rings. The molecule has 21 heavy (non-hydrogen) atoms. The topological polar surface area (TPSA) is 46.2 Å². The van der Waals surface area contributed by atoms with Gasteiger partial charge in [-0.15, -0.1) is 0 Å². The molecule has 0 aliphatic heterocycles. The van der Waals surface area contributed by atoms with Crippen LogP contribution in [0.2, 0.25) is 0 Å². The van der Waals surface area contributed by atoms with Gasteiger partial charge in [0, 0.05) is 12.0 Å². The van der Waals surface area contributed by atoms with Crippen molar-refractivity contribution < 1.29 is 5.11 Å². The molecule has 0 radical (unpaired) electrons. The zero-order valence-corrected chi connectivity index (χ0v) is 13.3. The first-order chi connectivity index (χ1) is 10.2. The fraction of sp³-hybridized carbons (Fsp3) is 0.684. The zero-order chi connectivity index (χ0) is 14.9. The molecular weight excluding hydrogens is 258 g/mol. The first kappa shape index (κ1) is 15.1. The van der Waals surface area contributed by atoms with Gasteiger partial charge in [0.25, 0.3) is 0 Å². The van der Waals surface area contributed by atoms with Crippen LogP contribution in [0.25, 0.3) is 0 Å². The maximum atomic E-state index is 11.8. The van der Waals surface area contributed by atoms with Crippen LogP contribution in [0.3, 0.4) is 0 Å². The van der Waals surface area contributed by atoms with Gasteiger partial charge >= 0.3 is 0 Å². The number of benzene rings is 1. The van der Waals surface area contributed by atoms with Gasteiger partial charge in [-0.1, -0.05) is 50.5 Å². The van der Waals surface area contributed by atoms with Crippen molar-refractivity contribution in [3.8, 4) is 0 Å². The van der Waals surface area contributed by atoms with Gasteiger partial charge in [0.1, 0.15) is 0 Å². The van der Waals surface area contributed by atoms with E-state index in [-0.39, 0.29) is 5.41 Å². The van der Waals surface area contributed by atoms with Gasteiger partial charge in [0.2, 0.25) is 0 Å². The summed E-state index contributed by atoms with van der Waals surface area (Å²) < 4.78 is 0. The first-order valence-corrected chi connectivity index (χ1v) is 8.69. The highest BCUT2D eigenvalue weighted by Crippen LogP contribution is 2.53. The van der Waals surface area contributed by atoms with Gasteiger partial charge in [-0.25, -0.2) is 0 Å². The molecule has 2 aliphatic carbocycles. The SMILES string of the molecule is CCC1CCCCC1(O)C1(CN)CCCc2ccccc21. The highest BCUT2D eigenvalue weighted by atomic mass is 16.3. The summed E-state index contributed by atoms with van der Waals surface area (Å²) in [6, 6.07) is 8.68. The van der Waals surface area contributed by atoms with Crippen molar-refractivity contribution in [1.29, 1.82) is 0 Å². The van der Waals surface area contributed by atoms with Gasteiger partial charge in [0.15, 0.2) is 0 Å². The summed E-state index contributed by atoms with van der Waals surface area (Å²) in [5.41, 5.74) is 8.21. The van der Waals surface area contributed by atoms with Crippen LogP contribution in [0.1, 0.15) is 63.0 Å². The Kier molecular flexibility index (Phi) is 4.11. The lowest BCUT2D eigenvalue weighted by Gasteiger charge is -2.55. The van der Waals surface area contributed by atoms with Gasteiger partial charge < -0.3 is 10.8 Å². The second kappa shape index (κ2) is 5.73. The third kappa shape index (κ3) is 2.15. The summed E-state index contributed by atoms with van der Waals surface area (Å²) >= 11 is 0. The average molecular weight is 287 g/mol. The molecule has 0 amide bonds. The normalized spacial score (nSPS) is 36.2. The van der Waals surface area contributed by atoms with E-state index < -0.39 is 5.60 Å². The molecule has 1 saturated carbocycles. The molecule has 3 N–H and O–H groups in total. The molecule has 1 aromatic rings. The van der Waals surface area contributed by atoms with Crippen molar-refractivity contribution >= 4 is 0 Å². The summed E-state index contributed by atoms with van der Waals surface area (Å²) in [5, 5.41) is 11.8. The van der Waals surface area contributed by atoms with Crippen molar-refractivity contribution in [2.24, 2.45) is 11.7 Å². The fourth-order valence-corrected chi connectivity index (χ4v) is 5.16. The molecule has 0 heterocycles. The molecule has 0 bridgehead atoms. The summed E-state index contributed by atoms with van der Waals surface area (Å²) in [5.74, 6) is 0.390. The van der Waals surface area contributed by atoms with Crippen LogP contribution in [0, 0.1) is 5.92 Å². The van der Waals surface area contributed by atoms with Crippen molar-refractivity contribution in [1.82, 2.24) is 0 Å². The maximum Gasteiger partial charge on any atom is 0.0784 e. The van der Waals surface area contributed by atoms with Crippen molar-refractivity contribution in [2.45, 2.75) is 69.3 Å². The van der Waals surface area contributed by atoms with Gasteiger partial charge in [-0.3, -0.25) is 0 Å². The lowest BCUT2D eigenvalue weighted by atomic mass is 9.53. The van der Waals surface area contributed by atoms with E-state index in [9.17, 15) is 5.11 Å². The van der Waals surface area contributed by atoms with Gasteiger partial charge in [-0.05, 0) is 49.1 Å². The molecule has 3 unspecified atom stereocenters. The molecule has 116 valence electrons. The van der Waals surface area contributed by atoms with Crippen LogP contribution < -0.4 is 5.73 Å². The highest BCUT2D eigenvalue weighted by molar-refractivity contribution is 5.41. The Hall–Kier alpha value is -0.860. The van der Waals surface area contributed by atoms with E-state index in [1.807, 2.05) is 0 Å². The quantitative estimate of drug-likeness (QED) is 0.893. The maximum absolute atomic E-state index is 11.8. The largest absolute Gasteiger partial charge is 0.389 e. The number of fused-ring (bicyclic) bond motifs is 1. The summed E-state index contributed by atoms with van der Waals surface area (Å²) in [7, 11) is 0. The average Bonchev–Trinajstić information content (AvgIpc) is 2.54. The molecule has 3 rings (SSSR count). The minimum absolute atomic E-state index is 0.233. The second-order valence-corrected chi connectivity index (χ2v) is 7.07. The van der Waals surface area contributed by atoms with E-state index in [0.29, 0.717) is 12.5 Å². The van der Waals surface area contributed by atoms with Gasteiger partial charge in [-0.2, -0.15) is 0 Å². The first-order valence-electron chi connectivity index (χ1n) is 8.69. The summed E-state index contributed by atoms with van der Waals surface area (Å²) in [6.45, 7) is 2.79. The molecule has 3 atom stereocenters. The third-order valence-electron chi connectivity index (χ3n) is 6.29.